The maximum Gasteiger partial charge on any atom is 0.262 e. The van der Waals surface area contributed by atoms with Crippen LogP contribution in [0.5, 0.6) is 0 Å². The normalized spacial score (nSPS) is 13.7. The monoisotopic (exact) mass is 429 g/mol. The molecule has 2 aromatic rings. The van der Waals surface area contributed by atoms with Gasteiger partial charge in [-0.05, 0) is 54.8 Å². The van der Waals surface area contributed by atoms with Crippen LogP contribution < -0.4 is 14.9 Å². The van der Waals surface area contributed by atoms with E-state index in [-0.39, 0.29) is 16.7 Å². The Morgan fingerprint density at radius 2 is 1.70 bits per heavy atom. The van der Waals surface area contributed by atoms with Gasteiger partial charge >= 0.3 is 0 Å². The number of nitrogens with one attached hydrogen (secondary N) is 2. The smallest absolute Gasteiger partial charge is 0.262 e. The number of hydrogen-bond acceptors (Lipinski definition) is 4. The van der Waals surface area contributed by atoms with Crippen molar-refractivity contribution < 1.29 is 18.0 Å². The van der Waals surface area contributed by atoms with E-state index in [4.69, 9.17) is 0 Å². The summed E-state index contributed by atoms with van der Waals surface area (Å²) in [6.45, 7) is 9.26. The first-order chi connectivity index (χ1) is 13.9. The molecule has 0 bridgehead atoms. The number of rotatable bonds is 4. The van der Waals surface area contributed by atoms with E-state index in [1.807, 2.05) is 26.8 Å². The summed E-state index contributed by atoms with van der Waals surface area (Å²) < 4.78 is 28.5. The molecule has 1 aliphatic rings. The van der Waals surface area contributed by atoms with Crippen LogP contribution in [0.2, 0.25) is 0 Å². The molecule has 2 N–H and O–H groups in total. The molecule has 0 radical (unpaired) electrons. The number of benzene rings is 2. The number of carbonyl (C=O) groups is 2. The molecule has 7 nitrogen and oxygen atoms in total. The van der Waals surface area contributed by atoms with Crippen molar-refractivity contribution in [1.29, 1.82) is 0 Å². The van der Waals surface area contributed by atoms with Crippen LogP contribution in [-0.4, -0.2) is 26.8 Å². The van der Waals surface area contributed by atoms with Gasteiger partial charge in [0, 0.05) is 30.3 Å². The Balaban J connectivity index is 1.88. The van der Waals surface area contributed by atoms with Gasteiger partial charge in [0.25, 0.3) is 10.0 Å². The van der Waals surface area contributed by atoms with Gasteiger partial charge in [0.2, 0.25) is 11.8 Å². The lowest BCUT2D eigenvalue weighted by molar-refractivity contribution is -0.125. The van der Waals surface area contributed by atoms with Crippen molar-refractivity contribution in [3.63, 3.8) is 0 Å². The van der Waals surface area contributed by atoms with Crippen LogP contribution in [0.4, 0.5) is 17.1 Å². The number of aryl methyl sites for hydroxylation is 1. The first-order valence-corrected chi connectivity index (χ1v) is 11.2. The standard InChI is InChI=1S/C22H27N3O4S/c1-14-12-17(23-15(2)26)8-9-20(14)30(28,29)24-18-7-6-16-10-11-25(19(16)13-18)21(27)22(3,4)5/h6-9,12-13,24H,10-11H2,1-5H3,(H,23,26). The van der Waals surface area contributed by atoms with Crippen molar-refractivity contribution >= 4 is 38.9 Å². The molecule has 0 saturated carbocycles. The molecule has 1 heterocycles. The highest BCUT2D eigenvalue weighted by Crippen LogP contribution is 2.34. The highest BCUT2D eigenvalue weighted by molar-refractivity contribution is 7.92. The summed E-state index contributed by atoms with van der Waals surface area (Å²) >= 11 is 0. The van der Waals surface area contributed by atoms with Gasteiger partial charge in [-0.25, -0.2) is 8.42 Å². The summed E-state index contributed by atoms with van der Waals surface area (Å²) in [6.07, 6.45) is 0.744. The molecule has 0 aromatic heterocycles. The quantitative estimate of drug-likeness (QED) is 0.775. The Morgan fingerprint density at radius 1 is 1.03 bits per heavy atom. The average Bonchev–Trinajstić information content (AvgIpc) is 3.02. The molecule has 8 heteroatoms. The third-order valence-electron chi connectivity index (χ3n) is 4.90. The fourth-order valence-electron chi connectivity index (χ4n) is 3.50. The minimum Gasteiger partial charge on any atom is -0.326 e. The van der Waals surface area contributed by atoms with E-state index in [1.165, 1.54) is 13.0 Å². The zero-order chi connectivity index (χ0) is 22.3. The number of amides is 2. The first kappa shape index (κ1) is 21.8. The van der Waals surface area contributed by atoms with Crippen LogP contribution in [0.15, 0.2) is 41.3 Å². The van der Waals surface area contributed by atoms with Gasteiger partial charge in [0.1, 0.15) is 0 Å². The summed E-state index contributed by atoms with van der Waals surface area (Å²) in [4.78, 5) is 25.8. The predicted octanol–water partition coefficient (Wildman–Crippen LogP) is 3.69. The Morgan fingerprint density at radius 3 is 2.30 bits per heavy atom. The molecule has 0 unspecified atom stereocenters. The molecule has 2 aromatic carbocycles. The highest BCUT2D eigenvalue weighted by Gasteiger charge is 2.32. The molecule has 0 aliphatic carbocycles. The zero-order valence-electron chi connectivity index (χ0n) is 17.9. The van der Waals surface area contributed by atoms with Crippen LogP contribution in [0.25, 0.3) is 0 Å². The zero-order valence-corrected chi connectivity index (χ0v) is 18.7. The van der Waals surface area contributed by atoms with Crippen LogP contribution in [0.3, 0.4) is 0 Å². The minimum atomic E-state index is -3.84. The third-order valence-corrected chi connectivity index (χ3v) is 6.45. The topological polar surface area (TPSA) is 95.6 Å². The van der Waals surface area contributed by atoms with Gasteiger partial charge in [-0.3, -0.25) is 14.3 Å². The number of carbonyl (C=O) groups excluding carboxylic acids is 2. The molecule has 0 spiro atoms. The maximum absolute atomic E-state index is 13.0. The molecule has 0 saturated heterocycles. The summed E-state index contributed by atoms with van der Waals surface area (Å²) in [5.74, 6) is -0.221. The van der Waals surface area contributed by atoms with E-state index in [1.54, 1.807) is 36.1 Å². The lowest BCUT2D eigenvalue weighted by Gasteiger charge is -2.26. The van der Waals surface area contributed by atoms with E-state index in [0.29, 0.717) is 23.5 Å². The fourth-order valence-corrected chi connectivity index (χ4v) is 4.78. The van der Waals surface area contributed by atoms with Crippen molar-refractivity contribution in [3.05, 3.63) is 47.5 Å². The third kappa shape index (κ3) is 4.48. The fraction of sp³-hybridized carbons (Fsp3) is 0.364. The molecular formula is C22H27N3O4S. The van der Waals surface area contributed by atoms with Crippen LogP contribution in [0.1, 0.15) is 38.8 Å². The largest absolute Gasteiger partial charge is 0.326 e. The van der Waals surface area contributed by atoms with Crippen molar-refractivity contribution in [1.82, 2.24) is 0 Å². The number of nitrogens with zero attached hydrogens (tertiary/aromatic N) is 1. The molecular weight excluding hydrogens is 402 g/mol. The van der Waals surface area contributed by atoms with Crippen molar-refractivity contribution in [2.24, 2.45) is 5.41 Å². The minimum absolute atomic E-state index is 0.00524. The van der Waals surface area contributed by atoms with Crippen LogP contribution in [0, 0.1) is 12.3 Å². The number of sulfonamides is 1. The van der Waals surface area contributed by atoms with Gasteiger partial charge < -0.3 is 10.2 Å². The Kier molecular flexibility index (Phi) is 5.64. The molecule has 160 valence electrons. The summed E-state index contributed by atoms with van der Waals surface area (Å²) in [5, 5.41) is 2.64. The molecule has 3 rings (SSSR count). The SMILES string of the molecule is CC(=O)Nc1ccc(S(=O)(=O)Nc2ccc3c(c2)N(C(=O)C(C)(C)C)CC3)c(C)c1. The van der Waals surface area contributed by atoms with E-state index in [0.717, 1.165) is 17.7 Å². The summed E-state index contributed by atoms with van der Waals surface area (Å²) in [6, 6.07) is 9.91. The molecule has 2 amide bonds. The lowest BCUT2D eigenvalue weighted by atomic mass is 9.94. The second-order valence-electron chi connectivity index (χ2n) is 8.57. The Hall–Kier alpha value is -2.87. The second-order valence-corrected chi connectivity index (χ2v) is 10.2. The molecule has 1 aliphatic heterocycles. The van der Waals surface area contributed by atoms with Gasteiger partial charge in [-0.15, -0.1) is 0 Å². The Bertz CT molecular complexity index is 1120. The van der Waals surface area contributed by atoms with E-state index in [9.17, 15) is 18.0 Å². The van der Waals surface area contributed by atoms with Gasteiger partial charge in [0.15, 0.2) is 0 Å². The predicted molar refractivity (Wildman–Crippen MR) is 118 cm³/mol. The molecule has 30 heavy (non-hydrogen) atoms. The van der Waals surface area contributed by atoms with E-state index in [2.05, 4.69) is 10.0 Å². The second kappa shape index (κ2) is 7.75. The number of fused-ring (bicyclic) bond motifs is 1. The summed E-state index contributed by atoms with van der Waals surface area (Å²) in [7, 11) is -3.84. The van der Waals surface area contributed by atoms with Crippen LogP contribution >= 0.6 is 0 Å². The number of anilines is 3. The van der Waals surface area contributed by atoms with Gasteiger partial charge in [-0.2, -0.15) is 0 Å². The van der Waals surface area contributed by atoms with Crippen molar-refractivity contribution in [2.75, 3.05) is 21.5 Å². The Labute approximate surface area is 177 Å². The average molecular weight is 430 g/mol. The molecule has 0 fully saturated rings. The van der Waals surface area contributed by atoms with Crippen molar-refractivity contribution in [3.8, 4) is 0 Å². The van der Waals surface area contributed by atoms with Crippen LogP contribution in [-0.2, 0) is 26.0 Å². The first-order valence-electron chi connectivity index (χ1n) is 9.74. The molecule has 0 atom stereocenters. The van der Waals surface area contributed by atoms with Crippen molar-refractivity contribution in [2.45, 2.75) is 45.9 Å². The van der Waals surface area contributed by atoms with E-state index >= 15 is 0 Å². The maximum atomic E-state index is 13.0. The van der Waals surface area contributed by atoms with E-state index < -0.39 is 15.4 Å². The highest BCUT2D eigenvalue weighted by atomic mass is 32.2. The lowest BCUT2D eigenvalue weighted by Crippen LogP contribution is -2.38. The number of hydrogen-bond donors (Lipinski definition) is 2. The van der Waals surface area contributed by atoms with Gasteiger partial charge in [0.05, 0.1) is 10.6 Å². The van der Waals surface area contributed by atoms with Gasteiger partial charge in [-0.1, -0.05) is 26.8 Å². The summed E-state index contributed by atoms with van der Waals surface area (Å²) in [5.41, 5.74) is 2.68.